The highest BCUT2D eigenvalue weighted by atomic mass is 35.5. The summed E-state index contributed by atoms with van der Waals surface area (Å²) < 4.78 is 12.3. The number of nitrogens with zero attached hydrogens (tertiary/aromatic N) is 3. The lowest BCUT2D eigenvalue weighted by Gasteiger charge is -2.19. The van der Waals surface area contributed by atoms with Gasteiger partial charge in [-0.3, -0.25) is 4.79 Å². The fourth-order valence-electron chi connectivity index (χ4n) is 3.20. The average molecular weight is 412 g/mol. The molecule has 1 amide bonds. The van der Waals surface area contributed by atoms with E-state index in [1.54, 1.807) is 60.5 Å². The van der Waals surface area contributed by atoms with Gasteiger partial charge in [0.1, 0.15) is 17.5 Å². The number of rotatable bonds is 5. The lowest BCUT2D eigenvalue weighted by molar-refractivity contribution is -0.136. The van der Waals surface area contributed by atoms with Gasteiger partial charge in [-0.05, 0) is 42.0 Å². The second-order valence-corrected chi connectivity index (χ2v) is 7.04. The number of benzene rings is 1. The molecule has 0 radical (unpaired) electrons. The number of hydrogen-bond donors (Lipinski definition) is 0. The van der Waals surface area contributed by atoms with E-state index in [0.717, 1.165) is 11.3 Å². The van der Waals surface area contributed by atoms with Crippen molar-refractivity contribution < 1.29 is 18.7 Å². The fourth-order valence-corrected chi connectivity index (χ4v) is 3.33. The highest BCUT2D eigenvalue weighted by Gasteiger charge is 2.35. The van der Waals surface area contributed by atoms with E-state index in [1.807, 2.05) is 12.1 Å². The van der Waals surface area contributed by atoms with E-state index in [9.17, 15) is 9.59 Å². The quantitative estimate of drug-likeness (QED) is 0.598. The molecule has 0 saturated heterocycles. The second kappa shape index (κ2) is 7.97. The highest BCUT2D eigenvalue weighted by molar-refractivity contribution is 6.30. The molecule has 1 atom stereocenters. The van der Waals surface area contributed by atoms with E-state index in [2.05, 4.69) is 5.10 Å². The van der Waals surface area contributed by atoms with Crippen molar-refractivity contribution in [1.82, 2.24) is 9.58 Å². The molecule has 8 heteroatoms. The number of carbonyl (C=O) groups excluding carboxylic acids is 2. The minimum Gasteiger partial charge on any atom is -0.467 e. The van der Waals surface area contributed by atoms with Crippen LogP contribution in [0.4, 0.5) is 0 Å². The molecule has 0 saturated carbocycles. The molecule has 1 aromatic carbocycles. The Hall–Kier alpha value is -3.32. The van der Waals surface area contributed by atoms with Gasteiger partial charge in [0.05, 0.1) is 12.0 Å². The zero-order valence-corrected chi connectivity index (χ0v) is 16.4. The van der Waals surface area contributed by atoms with Crippen molar-refractivity contribution in [2.24, 2.45) is 12.1 Å². The van der Waals surface area contributed by atoms with Gasteiger partial charge < -0.3 is 13.7 Å². The Morgan fingerprint density at radius 1 is 1.21 bits per heavy atom. The van der Waals surface area contributed by atoms with Gasteiger partial charge in [0.15, 0.2) is 6.61 Å². The van der Waals surface area contributed by atoms with Crippen LogP contribution in [0.5, 0.6) is 0 Å². The Morgan fingerprint density at radius 3 is 2.66 bits per heavy atom. The van der Waals surface area contributed by atoms with E-state index in [-0.39, 0.29) is 0 Å². The van der Waals surface area contributed by atoms with Crippen LogP contribution in [0.3, 0.4) is 0 Å². The van der Waals surface area contributed by atoms with Crippen LogP contribution in [-0.2, 0) is 16.6 Å². The van der Waals surface area contributed by atoms with Gasteiger partial charge in [-0.1, -0.05) is 23.7 Å². The van der Waals surface area contributed by atoms with Gasteiger partial charge in [0, 0.05) is 24.7 Å². The lowest BCUT2D eigenvalue weighted by atomic mass is 10.0. The van der Waals surface area contributed by atoms with Crippen LogP contribution in [0, 0.1) is 0 Å². The van der Waals surface area contributed by atoms with Gasteiger partial charge in [-0.2, -0.15) is 5.10 Å². The molecule has 148 valence electrons. The molecular weight excluding hydrogens is 394 g/mol. The summed E-state index contributed by atoms with van der Waals surface area (Å²) in [5, 5.41) is 6.43. The van der Waals surface area contributed by atoms with Gasteiger partial charge >= 0.3 is 5.97 Å². The number of carbonyl (C=O) groups is 2. The zero-order chi connectivity index (χ0) is 20.4. The van der Waals surface area contributed by atoms with Crippen molar-refractivity contribution in [1.29, 1.82) is 0 Å². The second-order valence-electron chi connectivity index (χ2n) is 6.61. The summed E-state index contributed by atoms with van der Waals surface area (Å²) in [6, 6.07) is 13.8. The molecule has 2 aromatic heterocycles. The van der Waals surface area contributed by atoms with E-state index in [1.165, 1.54) is 5.01 Å². The first-order chi connectivity index (χ1) is 14.0. The molecule has 29 heavy (non-hydrogen) atoms. The minimum absolute atomic E-state index is 0.368. The third-order valence-electron chi connectivity index (χ3n) is 4.69. The van der Waals surface area contributed by atoms with E-state index in [0.29, 0.717) is 22.9 Å². The number of ether oxygens (including phenoxy) is 1. The van der Waals surface area contributed by atoms with Crippen molar-refractivity contribution in [3.05, 3.63) is 83.0 Å². The Bertz CT molecular complexity index is 1050. The van der Waals surface area contributed by atoms with Crippen LogP contribution < -0.4 is 0 Å². The fraction of sp³-hybridized carbons (Fsp3) is 0.190. The molecule has 3 aromatic rings. The Labute approximate surface area is 172 Å². The Balaban J connectivity index is 1.52. The van der Waals surface area contributed by atoms with Gasteiger partial charge in [-0.15, -0.1) is 0 Å². The molecule has 7 nitrogen and oxygen atoms in total. The number of furan rings is 1. The van der Waals surface area contributed by atoms with Gasteiger partial charge in [0.2, 0.25) is 0 Å². The van der Waals surface area contributed by atoms with Crippen LogP contribution in [0.2, 0.25) is 5.02 Å². The van der Waals surface area contributed by atoms with Crippen molar-refractivity contribution >= 4 is 29.2 Å². The zero-order valence-electron chi connectivity index (χ0n) is 15.6. The molecule has 1 aliphatic heterocycles. The number of esters is 1. The molecule has 4 rings (SSSR count). The van der Waals surface area contributed by atoms with Crippen molar-refractivity contribution in [3.8, 4) is 0 Å². The Morgan fingerprint density at radius 2 is 2.00 bits per heavy atom. The number of amides is 1. The standard InChI is InChI=1S/C21H18ClN3O4/c1-24-10-2-4-17(24)21(27)29-13-20(26)25-18(19-5-3-11-28-19)12-16(23-25)14-6-8-15(22)9-7-14/h2-11,18H,12-13H2,1H3/t18-/m1/s1. The summed E-state index contributed by atoms with van der Waals surface area (Å²) in [7, 11) is 1.73. The van der Waals surface area contributed by atoms with E-state index < -0.39 is 24.5 Å². The normalized spacial score (nSPS) is 16.0. The Kier molecular flexibility index (Phi) is 5.22. The number of aromatic nitrogens is 1. The third-order valence-corrected chi connectivity index (χ3v) is 4.95. The highest BCUT2D eigenvalue weighted by Crippen LogP contribution is 2.33. The summed E-state index contributed by atoms with van der Waals surface area (Å²) in [4.78, 5) is 25.0. The van der Waals surface area contributed by atoms with Crippen LogP contribution in [0.25, 0.3) is 0 Å². The lowest BCUT2D eigenvalue weighted by Crippen LogP contribution is -2.31. The summed E-state index contributed by atoms with van der Waals surface area (Å²) in [5.74, 6) is -0.390. The molecule has 1 aliphatic rings. The first-order valence-corrected chi connectivity index (χ1v) is 9.38. The van der Waals surface area contributed by atoms with Crippen LogP contribution >= 0.6 is 11.6 Å². The smallest absolute Gasteiger partial charge is 0.355 e. The molecule has 3 heterocycles. The summed E-state index contributed by atoms with van der Waals surface area (Å²) in [6.07, 6.45) is 3.76. The van der Waals surface area contributed by atoms with E-state index in [4.69, 9.17) is 20.8 Å². The predicted octanol–water partition coefficient (Wildman–Crippen LogP) is 3.81. The largest absolute Gasteiger partial charge is 0.467 e. The third kappa shape index (κ3) is 3.95. The molecule has 0 aliphatic carbocycles. The molecule has 0 N–H and O–H groups in total. The topological polar surface area (TPSA) is 77.0 Å². The number of hydrogen-bond acceptors (Lipinski definition) is 5. The molecular formula is C21H18ClN3O4. The molecule has 0 bridgehead atoms. The monoisotopic (exact) mass is 411 g/mol. The van der Waals surface area contributed by atoms with E-state index >= 15 is 0 Å². The maximum absolute atomic E-state index is 12.8. The van der Waals surface area contributed by atoms with Crippen molar-refractivity contribution in [2.45, 2.75) is 12.5 Å². The maximum Gasteiger partial charge on any atom is 0.355 e. The predicted molar refractivity (Wildman–Crippen MR) is 107 cm³/mol. The molecule has 0 unspecified atom stereocenters. The van der Waals surface area contributed by atoms with Gasteiger partial charge in [0.25, 0.3) is 5.91 Å². The van der Waals surface area contributed by atoms with Crippen molar-refractivity contribution in [2.75, 3.05) is 6.61 Å². The van der Waals surface area contributed by atoms with Crippen LogP contribution in [-0.4, -0.2) is 33.8 Å². The first kappa shape index (κ1) is 19.0. The SMILES string of the molecule is Cn1cccc1C(=O)OCC(=O)N1N=C(c2ccc(Cl)cc2)C[C@@H]1c1ccco1. The van der Waals surface area contributed by atoms with Crippen LogP contribution in [0.15, 0.2) is 70.5 Å². The number of hydrazone groups is 1. The van der Waals surface area contributed by atoms with Crippen molar-refractivity contribution in [3.63, 3.8) is 0 Å². The summed E-state index contributed by atoms with van der Waals surface area (Å²) in [5.41, 5.74) is 1.96. The molecule has 0 spiro atoms. The average Bonchev–Trinajstić information content (AvgIpc) is 3.46. The summed E-state index contributed by atoms with van der Waals surface area (Å²) in [6.45, 7) is -0.418. The van der Waals surface area contributed by atoms with Crippen LogP contribution in [0.1, 0.15) is 34.3 Å². The van der Waals surface area contributed by atoms with Gasteiger partial charge in [-0.25, -0.2) is 9.80 Å². The minimum atomic E-state index is -0.568. The molecule has 0 fully saturated rings. The number of aryl methyl sites for hydroxylation is 1. The summed E-state index contributed by atoms with van der Waals surface area (Å²) >= 11 is 5.96. The first-order valence-electron chi connectivity index (χ1n) is 9.00. The number of halogens is 1. The maximum atomic E-state index is 12.8.